The highest BCUT2D eigenvalue weighted by Gasteiger charge is 2.24. The van der Waals surface area contributed by atoms with Gasteiger partial charge in [-0.25, -0.2) is 0 Å². The Morgan fingerprint density at radius 1 is 1.33 bits per heavy atom. The molecule has 1 aromatic rings. The van der Waals surface area contributed by atoms with Gasteiger partial charge in [-0.3, -0.25) is 4.57 Å². The highest BCUT2D eigenvalue weighted by molar-refractivity contribution is 7.53. The summed E-state index contributed by atoms with van der Waals surface area (Å²) in [6.45, 7) is 4.28. The van der Waals surface area contributed by atoms with Gasteiger partial charge in [0.1, 0.15) is 0 Å². The van der Waals surface area contributed by atoms with E-state index in [0.29, 0.717) is 18.9 Å². The Hall–Kier alpha value is -0.770. The molecule has 5 nitrogen and oxygen atoms in total. The van der Waals surface area contributed by atoms with Crippen LogP contribution in [-0.2, 0) is 19.8 Å². The molecule has 0 aliphatic rings. The van der Waals surface area contributed by atoms with E-state index in [-0.39, 0.29) is 6.16 Å². The third-order valence-corrected chi connectivity index (χ3v) is 3.65. The van der Waals surface area contributed by atoms with E-state index in [2.05, 4.69) is 10.2 Å². The minimum absolute atomic E-state index is 0.169. The Morgan fingerprint density at radius 2 is 2.00 bits per heavy atom. The van der Waals surface area contributed by atoms with Crippen molar-refractivity contribution in [1.82, 2.24) is 10.2 Å². The summed E-state index contributed by atoms with van der Waals surface area (Å²) in [5.74, 6) is 0. The first kappa shape index (κ1) is 12.3. The summed E-state index contributed by atoms with van der Waals surface area (Å²) in [6, 6.07) is 3.49. The van der Waals surface area contributed by atoms with E-state index in [1.54, 1.807) is 32.2 Å². The van der Waals surface area contributed by atoms with Crippen molar-refractivity contribution < 1.29 is 13.6 Å². The molecule has 84 valence electrons. The Balaban J connectivity index is 2.71. The van der Waals surface area contributed by atoms with Crippen LogP contribution in [-0.4, -0.2) is 23.4 Å². The van der Waals surface area contributed by atoms with Crippen molar-refractivity contribution in [3.05, 3.63) is 24.0 Å². The zero-order valence-corrected chi connectivity index (χ0v) is 9.81. The van der Waals surface area contributed by atoms with Crippen molar-refractivity contribution in [3.63, 3.8) is 0 Å². The molecule has 0 spiro atoms. The van der Waals surface area contributed by atoms with E-state index in [0.717, 1.165) is 0 Å². The summed E-state index contributed by atoms with van der Waals surface area (Å²) in [6.07, 6.45) is 1.73. The molecule has 0 aliphatic heterocycles. The molecule has 1 heterocycles. The molecule has 0 saturated heterocycles. The van der Waals surface area contributed by atoms with E-state index < -0.39 is 7.60 Å². The van der Waals surface area contributed by atoms with Crippen LogP contribution in [0.2, 0.25) is 0 Å². The largest absolute Gasteiger partial charge is 0.336 e. The molecule has 0 radical (unpaired) electrons. The van der Waals surface area contributed by atoms with Crippen molar-refractivity contribution >= 4 is 7.60 Å². The molecular formula is C9H15N2O3P. The molecule has 0 fully saturated rings. The first-order valence-corrected chi connectivity index (χ1v) is 6.57. The molecule has 0 unspecified atom stereocenters. The van der Waals surface area contributed by atoms with Gasteiger partial charge in [-0.15, -0.1) is 0 Å². The van der Waals surface area contributed by atoms with Crippen LogP contribution in [0, 0.1) is 0 Å². The second-order valence-corrected chi connectivity index (χ2v) is 4.87. The maximum atomic E-state index is 12.1. The third kappa shape index (κ3) is 4.08. The first-order chi connectivity index (χ1) is 7.20. The second kappa shape index (κ2) is 5.95. The summed E-state index contributed by atoms with van der Waals surface area (Å²) >= 11 is 0. The lowest BCUT2D eigenvalue weighted by Gasteiger charge is -2.15. The number of rotatable bonds is 6. The average molecular weight is 230 g/mol. The fourth-order valence-electron chi connectivity index (χ4n) is 1.14. The topological polar surface area (TPSA) is 61.3 Å². The van der Waals surface area contributed by atoms with Gasteiger partial charge in [-0.1, -0.05) is 0 Å². The van der Waals surface area contributed by atoms with Crippen LogP contribution >= 0.6 is 7.60 Å². The van der Waals surface area contributed by atoms with Gasteiger partial charge in [0.05, 0.1) is 25.1 Å². The maximum absolute atomic E-state index is 12.1. The van der Waals surface area contributed by atoms with Crippen molar-refractivity contribution in [3.8, 4) is 0 Å². The molecule has 15 heavy (non-hydrogen) atoms. The Bertz CT molecular complexity index is 321. The van der Waals surface area contributed by atoms with Crippen molar-refractivity contribution in [2.24, 2.45) is 0 Å². The fraction of sp³-hybridized carbons (Fsp3) is 0.556. The van der Waals surface area contributed by atoms with Gasteiger partial charge in [0.25, 0.3) is 0 Å². The van der Waals surface area contributed by atoms with E-state index in [1.165, 1.54) is 0 Å². The molecule has 0 bridgehead atoms. The van der Waals surface area contributed by atoms with Crippen LogP contribution < -0.4 is 0 Å². The molecule has 1 aromatic heterocycles. The molecule has 0 aliphatic carbocycles. The molecule has 0 N–H and O–H groups in total. The van der Waals surface area contributed by atoms with Gasteiger partial charge >= 0.3 is 7.60 Å². The number of hydrogen-bond acceptors (Lipinski definition) is 5. The standard InChI is InChI=1S/C9H15N2O3P/c1-3-13-15(12,14-4-2)8-9-6-5-7-10-11-9/h5-7H,3-4,8H2,1-2H3. The summed E-state index contributed by atoms with van der Waals surface area (Å²) in [4.78, 5) is 0. The molecule has 6 heteroatoms. The van der Waals surface area contributed by atoms with Crippen LogP contribution in [0.1, 0.15) is 19.5 Å². The van der Waals surface area contributed by atoms with E-state index >= 15 is 0 Å². The fourth-order valence-corrected chi connectivity index (χ4v) is 2.75. The Labute approximate surface area is 89.4 Å². The number of aromatic nitrogens is 2. The van der Waals surface area contributed by atoms with Crippen molar-refractivity contribution in [1.29, 1.82) is 0 Å². The summed E-state index contributed by atoms with van der Waals surface area (Å²) in [5, 5.41) is 7.55. The summed E-state index contributed by atoms with van der Waals surface area (Å²) in [5.41, 5.74) is 0.614. The lowest BCUT2D eigenvalue weighted by atomic mass is 10.4. The van der Waals surface area contributed by atoms with Crippen LogP contribution in [0.4, 0.5) is 0 Å². The van der Waals surface area contributed by atoms with Crippen molar-refractivity contribution in [2.75, 3.05) is 13.2 Å². The van der Waals surface area contributed by atoms with Crippen LogP contribution in [0.5, 0.6) is 0 Å². The molecule has 0 atom stereocenters. The van der Waals surface area contributed by atoms with E-state index in [1.807, 2.05) is 0 Å². The Morgan fingerprint density at radius 3 is 2.47 bits per heavy atom. The summed E-state index contributed by atoms with van der Waals surface area (Å²) < 4.78 is 22.3. The predicted octanol–water partition coefficient (Wildman–Crippen LogP) is 2.24. The SMILES string of the molecule is CCOP(=O)(Cc1cccnn1)OCC. The van der Waals surface area contributed by atoms with E-state index in [9.17, 15) is 4.57 Å². The highest BCUT2D eigenvalue weighted by atomic mass is 31.2. The van der Waals surface area contributed by atoms with E-state index in [4.69, 9.17) is 9.05 Å². The Kier molecular flexibility index (Phi) is 4.88. The minimum atomic E-state index is -3.04. The maximum Gasteiger partial charge on any atom is 0.336 e. The third-order valence-electron chi connectivity index (χ3n) is 1.63. The lowest BCUT2D eigenvalue weighted by Crippen LogP contribution is -2.00. The monoisotopic (exact) mass is 230 g/mol. The zero-order valence-electron chi connectivity index (χ0n) is 8.92. The predicted molar refractivity (Wildman–Crippen MR) is 56.6 cm³/mol. The molecule has 0 amide bonds. The van der Waals surface area contributed by atoms with Gasteiger partial charge in [0.15, 0.2) is 0 Å². The normalized spacial score (nSPS) is 11.6. The highest BCUT2D eigenvalue weighted by Crippen LogP contribution is 2.50. The molecular weight excluding hydrogens is 215 g/mol. The number of hydrogen-bond donors (Lipinski definition) is 0. The van der Waals surface area contributed by atoms with Gasteiger partial charge in [-0.2, -0.15) is 10.2 Å². The first-order valence-electron chi connectivity index (χ1n) is 4.85. The van der Waals surface area contributed by atoms with Crippen LogP contribution in [0.3, 0.4) is 0 Å². The lowest BCUT2D eigenvalue weighted by molar-refractivity contribution is 0.219. The van der Waals surface area contributed by atoms with Gasteiger partial charge < -0.3 is 9.05 Å². The quantitative estimate of drug-likeness (QED) is 0.701. The molecule has 0 saturated carbocycles. The molecule has 1 rings (SSSR count). The smallest absolute Gasteiger partial charge is 0.309 e. The molecule has 0 aromatic carbocycles. The van der Waals surface area contributed by atoms with Gasteiger partial charge in [-0.05, 0) is 26.0 Å². The number of nitrogens with zero attached hydrogens (tertiary/aromatic N) is 2. The van der Waals surface area contributed by atoms with Gasteiger partial charge in [0.2, 0.25) is 0 Å². The average Bonchev–Trinajstić information content (AvgIpc) is 2.19. The summed E-state index contributed by atoms with van der Waals surface area (Å²) in [7, 11) is -3.04. The van der Waals surface area contributed by atoms with Crippen LogP contribution in [0.25, 0.3) is 0 Å². The van der Waals surface area contributed by atoms with Gasteiger partial charge in [0, 0.05) is 6.20 Å². The zero-order chi connectivity index (χ0) is 11.1. The second-order valence-electron chi connectivity index (χ2n) is 2.82. The van der Waals surface area contributed by atoms with Crippen molar-refractivity contribution in [2.45, 2.75) is 20.0 Å². The van der Waals surface area contributed by atoms with Crippen LogP contribution in [0.15, 0.2) is 18.3 Å². The minimum Gasteiger partial charge on any atom is -0.309 e.